The van der Waals surface area contributed by atoms with Crippen molar-refractivity contribution in [1.82, 2.24) is 0 Å². The van der Waals surface area contributed by atoms with Crippen molar-refractivity contribution < 1.29 is 78.7 Å². The molecule has 0 fully saturated rings. The summed E-state index contributed by atoms with van der Waals surface area (Å²) >= 11 is 0. The Hall–Kier alpha value is -4.91. The molecule has 28 heteroatoms. The Bertz CT molecular complexity index is 2790. The van der Waals surface area contributed by atoms with Gasteiger partial charge in [-0.05, 0) is 42.5 Å². The number of hydrogen-bond acceptors (Lipinski definition) is 20. The molecule has 0 atom stereocenters. The summed E-state index contributed by atoms with van der Waals surface area (Å²) in [6.07, 6.45) is 0. The number of phenolic OH excluding ortho intramolecular Hbond substituents is 1. The summed E-state index contributed by atoms with van der Waals surface area (Å²) in [5.74, 6) is -3.23. The zero-order chi connectivity index (χ0) is 41.9. The highest BCUT2D eigenvalue weighted by Crippen LogP contribution is 2.47. The summed E-state index contributed by atoms with van der Waals surface area (Å²) in [5, 5.41) is 26.6. The third-order valence-electron chi connectivity index (χ3n) is 7.20. The molecule has 4 rings (SSSR count). The molecule has 4 aromatic carbocycles. The number of nitrogen functional groups attached to an aromatic ring is 1. The van der Waals surface area contributed by atoms with Crippen LogP contribution in [0.1, 0.15) is 0 Å². The van der Waals surface area contributed by atoms with Crippen LogP contribution in [0, 0.1) is 0 Å². The normalized spacial score (nSPS) is 13.2. The van der Waals surface area contributed by atoms with E-state index in [1.165, 1.54) is 24.3 Å². The minimum Gasteiger partial charge on any atom is -0.505 e. The van der Waals surface area contributed by atoms with Crippen LogP contribution in [0.25, 0.3) is 10.8 Å². The molecule has 0 saturated carbocycles. The molecule has 0 aliphatic carbocycles. The molecule has 304 valence electrons. The maximum atomic E-state index is 12.9. The number of methoxy groups -OCH3 is 2. The molecular weight excluding hydrogens is 855 g/mol. The molecule has 56 heavy (non-hydrogen) atoms. The lowest BCUT2D eigenvalue weighted by atomic mass is 10.1. The number of rotatable bonds is 17. The maximum absolute atomic E-state index is 12.9. The molecule has 0 bridgehead atoms. The Morgan fingerprint density at radius 3 is 1.70 bits per heavy atom. The van der Waals surface area contributed by atoms with Crippen molar-refractivity contribution in [2.75, 3.05) is 44.7 Å². The third-order valence-corrected chi connectivity index (χ3v) is 12.4. The van der Waals surface area contributed by atoms with Gasteiger partial charge >= 0.3 is 20.8 Å². The van der Waals surface area contributed by atoms with E-state index in [1.807, 2.05) is 0 Å². The first-order chi connectivity index (χ1) is 25.9. The Balaban J connectivity index is 1.74. The lowest BCUT2D eigenvalue weighted by Gasteiger charge is -2.13. The number of benzene rings is 4. The molecule has 0 radical (unpaired) electrons. The minimum absolute atomic E-state index is 0.0498. The fraction of sp³-hybridized carbons (Fsp3) is 0.214. The molecule has 0 amide bonds. The Kier molecular flexibility index (Phi) is 13.0. The van der Waals surface area contributed by atoms with E-state index in [0.717, 1.165) is 44.6 Å². The number of anilines is 1. The van der Waals surface area contributed by atoms with Gasteiger partial charge in [0.1, 0.15) is 38.4 Å². The summed E-state index contributed by atoms with van der Waals surface area (Å²) in [7, 11) is -21.2. The molecule has 6 N–H and O–H groups in total. The first-order valence-corrected chi connectivity index (χ1v) is 22.3. The molecule has 0 saturated heterocycles. The number of nitrogens with zero attached hydrogens (tertiary/aromatic N) is 4. The summed E-state index contributed by atoms with van der Waals surface area (Å²) in [4.78, 5) is -1.78. The van der Waals surface area contributed by atoms with Crippen LogP contribution in [0.4, 0.5) is 28.4 Å². The number of phenols is 1. The minimum atomic E-state index is -5.20. The summed E-state index contributed by atoms with van der Waals surface area (Å²) in [6, 6.07) is 9.96. The SMILES string of the molecule is COc1cc(S(=O)(=O)CCOS(=O)(=O)O)c(OC)cc1N=Nc1c(S(=O)(=O)O)cc2c(N=Nc3ccc(S(=O)(=O)CCOS(=O)(=O)O)cc3)c(N)ccc2c1O. The highest BCUT2D eigenvalue weighted by molar-refractivity contribution is 7.91. The zero-order valence-electron chi connectivity index (χ0n) is 28.4. The van der Waals surface area contributed by atoms with Crippen LogP contribution in [0.2, 0.25) is 0 Å². The van der Waals surface area contributed by atoms with Gasteiger partial charge in [0.25, 0.3) is 10.1 Å². The Labute approximate surface area is 318 Å². The van der Waals surface area contributed by atoms with Gasteiger partial charge in [0.2, 0.25) is 0 Å². The number of hydrogen-bond donors (Lipinski definition) is 5. The molecule has 0 unspecified atom stereocenters. The molecule has 0 aliphatic heterocycles. The fourth-order valence-corrected chi connectivity index (χ4v) is 8.45. The van der Waals surface area contributed by atoms with Gasteiger partial charge in [-0.25, -0.2) is 25.2 Å². The van der Waals surface area contributed by atoms with Gasteiger partial charge in [0.15, 0.2) is 25.4 Å². The Morgan fingerprint density at radius 2 is 1.16 bits per heavy atom. The molecule has 0 aliphatic rings. The van der Waals surface area contributed by atoms with Crippen molar-refractivity contribution >= 4 is 89.8 Å². The zero-order valence-corrected chi connectivity index (χ0v) is 32.5. The lowest BCUT2D eigenvalue weighted by molar-refractivity contribution is 0.282. The highest BCUT2D eigenvalue weighted by atomic mass is 32.3. The van der Waals surface area contributed by atoms with Gasteiger partial charge in [0, 0.05) is 22.9 Å². The van der Waals surface area contributed by atoms with Crippen molar-refractivity contribution in [3.8, 4) is 17.2 Å². The van der Waals surface area contributed by atoms with Gasteiger partial charge in [0.05, 0.1) is 55.2 Å². The van der Waals surface area contributed by atoms with E-state index in [-0.39, 0.29) is 49.9 Å². The van der Waals surface area contributed by atoms with Gasteiger partial charge < -0.3 is 20.3 Å². The average Bonchev–Trinajstić information content (AvgIpc) is 3.08. The lowest BCUT2D eigenvalue weighted by Crippen LogP contribution is -2.16. The number of ether oxygens (including phenoxy) is 2. The van der Waals surface area contributed by atoms with E-state index >= 15 is 0 Å². The third kappa shape index (κ3) is 10.9. The molecule has 0 spiro atoms. The van der Waals surface area contributed by atoms with E-state index in [1.54, 1.807) is 0 Å². The quantitative estimate of drug-likeness (QED) is 0.0576. The fourth-order valence-electron chi connectivity index (χ4n) is 4.66. The van der Waals surface area contributed by atoms with Crippen molar-refractivity contribution in [2.45, 2.75) is 14.7 Å². The molecule has 23 nitrogen and oxygen atoms in total. The molecule has 0 heterocycles. The predicted octanol–water partition coefficient (Wildman–Crippen LogP) is 3.41. The Morgan fingerprint density at radius 1 is 0.607 bits per heavy atom. The summed E-state index contributed by atoms with van der Waals surface area (Å²) < 4.78 is 165. The maximum Gasteiger partial charge on any atom is 0.397 e. The summed E-state index contributed by atoms with van der Waals surface area (Å²) in [5.41, 5.74) is 4.75. The van der Waals surface area contributed by atoms with E-state index in [4.69, 9.17) is 24.3 Å². The second-order valence-corrected chi connectivity index (χ2v) is 18.6. The van der Waals surface area contributed by atoms with Gasteiger partial charge in [-0.15, -0.1) is 15.3 Å². The molecule has 0 aromatic heterocycles. The van der Waals surface area contributed by atoms with Gasteiger partial charge in [-0.2, -0.15) is 30.4 Å². The second-order valence-electron chi connectivity index (χ2n) is 10.9. The van der Waals surface area contributed by atoms with Crippen LogP contribution in [-0.4, -0.2) is 99.8 Å². The van der Waals surface area contributed by atoms with Crippen LogP contribution in [0.15, 0.2) is 89.7 Å². The smallest absolute Gasteiger partial charge is 0.397 e. The van der Waals surface area contributed by atoms with Crippen molar-refractivity contribution in [2.24, 2.45) is 20.5 Å². The van der Waals surface area contributed by atoms with Gasteiger partial charge in [-0.3, -0.25) is 13.7 Å². The number of azo groups is 2. The van der Waals surface area contributed by atoms with E-state index < -0.39 is 96.5 Å². The van der Waals surface area contributed by atoms with Crippen LogP contribution >= 0.6 is 0 Å². The first-order valence-electron chi connectivity index (χ1n) is 14.8. The van der Waals surface area contributed by atoms with E-state index in [9.17, 15) is 51.7 Å². The monoisotopic (exact) mass is 883 g/mol. The van der Waals surface area contributed by atoms with Gasteiger partial charge in [-0.1, -0.05) is 0 Å². The van der Waals surface area contributed by atoms with E-state index in [2.05, 4.69) is 28.8 Å². The highest BCUT2D eigenvalue weighted by Gasteiger charge is 2.26. The topological polar surface area (TPSA) is 364 Å². The van der Waals surface area contributed by atoms with Crippen molar-refractivity contribution in [3.05, 3.63) is 54.6 Å². The van der Waals surface area contributed by atoms with Crippen molar-refractivity contribution in [1.29, 1.82) is 0 Å². The molecular formula is C28H29N5O18S5. The first kappa shape index (κ1) is 43.8. The van der Waals surface area contributed by atoms with Crippen LogP contribution in [-0.2, 0) is 59.0 Å². The number of aromatic hydroxyl groups is 1. The van der Waals surface area contributed by atoms with Crippen LogP contribution in [0.5, 0.6) is 17.2 Å². The number of fused-ring (bicyclic) bond motifs is 1. The van der Waals surface area contributed by atoms with Crippen LogP contribution < -0.4 is 15.2 Å². The summed E-state index contributed by atoms with van der Waals surface area (Å²) in [6.45, 7) is -1.81. The number of sulfone groups is 2. The number of nitrogens with two attached hydrogens (primary N) is 1. The van der Waals surface area contributed by atoms with Crippen LogP contribution in [0.3, 0.4) is 0 Å². The second kappa shape index (κ2) is 16.7. The standard InChI is InChI=1S/C28H29N5O18S5/c1-48-22-15-24(53(37,38)12-10-51-56(45,46)47)23(49-2)14-21(22)31-33-27-25(54(39,40)41)13-19-18(28(27)34)7-8-20(29)26(19)32-30-16-3-5-17(6-4-16)52(35,36)11-9-50-55(42,43)44/h3-8,13-15,34H,9-12,29H2,1-2H3,(H,39,40,41)(H,42,43,44)(H,45,46,47). The average molecular weight is 884 g/mol. The largest absolute Gasteiger partial charge is 0.505 e. The van der Waals surface area contributed by atoms with E-state index in [0.29, 0.717) is 0 Å². The predicted molar refractivity (Wildman–Crippen MR) is 193 cm³/mol. The van der Waals surface area contributed by atoms with Crippen molar-refractivity contribution in [3.63, 3.8) is 0 Å². The molecule has 4 aromatic rings.